The minimum atomic E-state index is -0.853. The number of aromatic nitrogens is 2. The number of hydrogen-bond acceptors (Lipinski definition) is 6. The molecule has 0 atom stereocenters. The lowest BCUT2D eigenvalue weighted by molar-refractivity contribution is 0.0428. The van der Waals surface area contributed by atoms with E-state index in [0.717, 1.165) is 23.3 Å². The first kappa shape index (κ1) is 22.7. The van der Waals surface area contributed by atoms with E-state index in [-0.39, 0.29) is 11.2 Å². The van der Waals surface area contributed by atoms with E-state index in [4.69, 9.17) is 9.47 Å². The second-order valence-electron chi connectivity index (χ2n) is 10.0. The summed E-state index contributed by atoms with van der Waals surface area (Å²) < 4.78 is 10.9. The lowest BCUT2D eigenvalue weighted by atomic mass is 9.89. The van der Waals surface area contributed by atoms with Crippen LogP contribution in [0.15, 0.2) is 36.5 Å². The van der Waals surface area contributed by atoms with Crippen molar-refractivity contribution in [2.45, 2.75) is 77.9 Å². The second-order valence-corrected chi connectivity index (χ2v) is 10.0. The van der Waals surface area contributed by atoms with Gasteiger partial charge in [-0.3, -0.25) is 0 Å². The molecule has 1 fully saturated rings. The van der Waals surface area contributed by atoms with Crippen molar-refractivity contribution in [3.63, 3.8) is 0 Å². The maximum Gasteiger partial charge on any atom is 0.425 e. The number of amides is 2. The van der Waals surface area contributed by atoms with E-state index in [0.29, 0.717) is 0 Å². The Balaban J connectivity index is 1.99. The SMILES string of the molecule is Cc1ccc(C2(c3cnnc(N(C(=O)OC(C)(C)C)C(=O)OC(C)(C)C)c3)CC2)cc1. The molecule has 0 unspecified atom stereocenters. The Bertz CT molecular complexity index is 940. The van der Waals surface area contributed by atoms with E-state index in [1.54, 1.807) is 53.8 Å². The van der Waals surface area contributed by atoms with Crippen LogP contribution in [0.4, 0.5) is 15.4 Å². The zero-order valence-corrected chi connectivity index (χ0v) is 19.4. The summed E-state index contributed by atoms with van der Waals surface area (Å²) in [5.41, 5.74) is 1.50. The number of ether oxygens (including phenoxy) is 2. The molecular weight excluding hydrogens is 394 g/mol. The van der Waals surface area contributed by atoms with Crippen LogP contribution >= 0.6 is 0 Å². The fourth-order valence-electron chi connectivity index (χ4n) is 3.34. The molecule has 1 aliphatic carbocycles. The van der Waals surface area contributed by atoms with E-state index >= 15 is 0 Å². The molecule has 1 aromatic carbocycles. The maximum absolute atomic E-state index is 12.9. The first-order chi connectivity index (χ1) is 14.3. The third-order valence-electron chi connectivity index (χ3n) is 4.93. The highest BCUT2D eigenvalue weighted by molar-refractivity contribution is 6.08. The van der Waals surface area contributed by atoms with Gasteiger partial charge in [0.2, 0.25) is 0 Å². The summed E-state index contributed by atoms with van der Waals surface area (Å²) in [5, 5.41) is 8.17. The van der Waals surface area contributed by atoms with Crippen molar-refractivity contribution in [2.75, 3.05) is 4.90 Å². The Morgan fingerprint density at radius 1 is 0.903 bits per heavy atom. The van der Waals surface area contributed by atoms with E-state index in [2.05, 4.69) is 41.4 Å². The average molecular weight is 426 g/mol. The van der Waals surface area contributed by atoms with Gasteiger partial charge in [0.1, 0.15) is 11.2 Å². The first-order valence-electron chi connectivity index (χ1n) is 10.5. The summed E-state index contributed by atoms with van der Waals surface area (Å²) in [6.07, 6.45) is 1.90. The largest absolute Gasteiger partial charge is 0.443 e. The van der Waals surface area contributed by atoms with Gasteiger partial charge in [0.05, 0.1) is 6.20 Å². The number of aryl methyl sites for hydroxylation is 1. The summed E-state index contributed by atoms with van der Waals surface area (Å²) >= 11 is 0. The normalized spacial score (nSPS) is 15.2. The smallest absolute Gasteiger partial charge is 0.425 e. The predicted octanol–water partition coefficient (Wildman–Crippen LogP) is 5.54. The molecule has 1 heterocycles. The number of carbonyl (C=O) groups excluding carboxylic acids is 2. The second kappa shape index (κ2) is 7.94. The number of benzene rings is 1. The topological polar surface area (TPSA) is 81.6 Å². The van der Waals surface area contributed by atoms with Crippen LogP contribution in [0, 0.1) is 6.92 Å². The van der Waals surface area contributed by atoms with Crippen LogP contribution in [0.3, 0.4) is 0 Å². The van der Waals surface area contributed by atoms with Crippen LogP contribution in [-0.2, 0) is 14.9 Å². The Morgan fingerprint density at radius 2 is 1.42 bits per heavy atom. The van der Waals surface area contributed by atoms with Gasteiger partial charge in [0.25, 0.3) is 0 Å². The molecule has 7 heteroatoms. The van der Waals surface area contributed by atoms with Gasteiger partial charge in [0, 0.05) is 5.41 Å². The van der Waals surface area contributed by atoms with Crippen molar-refractivity contribution in [1.29, 1.82) is 0 Å². The lowest BCUT2D eigenvalue weighted by Gasteiger charge is -2.28. The molecule has 0 spiro atoms. The standard InChI is InChI=1S/C24H31N3O4/c1-16-8-10-17(11-9-16)24(12-13-24)18-14-19(26-25-15-18)27(20(28)30-22(2,3)4)21(29)31-23(5,6)7/h8-11,14-15H,12-13H2,1-7H3. The highest BCUT2D eigenvalue weighted by atomic mass is 16.6. The fraction of sp³-hybridized carbons (Fsp3) is 0.500. The molecule has 0 saturated heterocycles. The fourth-order valence-corrected chi connectivity index (χ4v) is 3.34. The molecule has 31 heavy (non-hydrogen) atoms. The first-order valence-corrected chi connectivity index (χ1v) is 10.5. The minimum absolute atomic E-state index is 0.0828. The molecule has 0 bridgehead atoms. The maximum atomic E-state index is 12.9. The van der Waals surface area contributed by atoms with E-state index in [1.807, 2.05) is 0 Å². The minimum Gasteiger partial charge on any atom is -0.443 e. The number of imide groups is 1. The molecule has 3 rings (SSSR count). The molecule has 0 radical (unpaired) electrons. The number of nitrogens with zero attached hydrogens (tertiary/aromatic N) is 3. The van der Waals surface area contributed by atoms with Gasteiger partial charge in [-0.15, -0.1) is 5.10 Å². The number of carbonyl (C=O) groups is 2. The molecular formula is C24H31N3O4. The predicted molar refractivity (Wildman–Crippen MR) is 118 cm³/mol. The molecule has 1 aromatic heterocycles. The highest BCUT2D eigenvalue weighted by Gasteiger charge is 2.47. The summed E-state index contributed by atoms with van der Waals surface area (Å²) in [4.78, 5) is 26.6. The highest BCUT2D eigenvalue weighted by Crippen LogP contribution is 2.53. The van der Waals surface area contributed by atoms with E-state index < -0.39 is 23.4 Å². The number of anilines is 1. The van der Waals surface area contributed by atoms with Crippen molar-refractivity contribution in [1.82, 2.24) is 10.2 Å². The van der Waals surface area contributed by atoms with Crippen molar-refractivity contribution >= 4 is 18.0 Å². The summed E-state index contributed by atoms with van der Waals surface area (Å²) in [7, 11) is 0. The summed E-state index contributed by atoms with van der Waals surface area (Å²) in [6, 6.07) is 10.1. The quantitative estimate of drug-likeness (QED) is 0.642. The van der Waals surface area contributed by atoms with Crippen LogP contribution in [-0.4, -0.2) is 33.6 Å². The van der Waals surface area contributed by atoms with Crippen LogP contribution in [0.25, 0.3) is 0 Å². The Labute approximate surface area is 183 Å². The Hall–Kier alpha value is -2.96. The van der Waals surface area contributed by atoms with Crippen molar-refractivity contribution in [2.24, 2.45) is 0 Å². The van der Waals surface area contributed by atoms with E-state index in [1.165, 1.54) is 11.1 Å². The third kappa shape index (κ3) is 5.40. The Morgan fingerprint density at radius 3 is 1.87 bits per heavy atom. The van der Waals surface area contributed by atoms with Crippen molar-refractivity contribution in [3.8, 4) is 0 Å². The van der Waals surface area contributed by atoms with Crippen LogP contribution in [0.2, 0.25) is 0 Å². The molecule has 0 aliphatic heterocycles. The van der Waals surface area contributed by atoms with Gasteiger partial charge < -0.3 is 9.47 Å². The zero-order chi connectivity index (χ0) is 23.0. The van der Waals surface area contributed by atoms with Crippen molar-refractivity contribution in [3.05, 3.63) is 53.2 Å². The average Bonchev–Trinajstić information content (AvgIpc) is 3.41. The molecule has 2 amide bonds. The van der Waals surface area contributed by atoms with E-state index in [9.17, 15) is 9.59 Å². The van der Waals surface area contributed by atoms with Crippen molar-refractivity contribution < 1.29 is 19.1 Å². The zero-order valence-electron chi connectivity index (χ0n) is 19.4. The van der Waals surface area contributed by atoms with Gasteiger partial charge in [0.15, 0.2) is 5.82 Å². The van der Waals surface area contributed by atoms with Crippen LogP contribution in [0.5, 0.6) is 0 Å². The molecule has 1 saturated carbocycles. The monoisotopic (exact) mass is 425 g/mol. The number of rotatable bonds is 3. The summed E-state index contributed by atoms with van der Waals surface area (Å²) in [5.74, 6) is 0.0828. The summed E-state index contributed by atoms with van der Waals surface area (Å²) in [6.45, 7) is 12.4. The molecule has 1 aliphatic rings. The molecule has 2 aromatic rings. The Kier molecular flexibility index (Phi) is 5.82. The van der Waals surface area contributed by atoms with Gasteiger partial charge in [-0.1, -0.05) is 29.8 Å². The van der Waals surface area contributed by atoms with Gasteiger partial charge >= 0.3 is 12.2 Å². The molecule has 7 nitrogen and oxygen atoms in total. The van der Waals surface area contributed by atoms with Crippen LogP contribution < -0.4 is 4.90 Å². The third-order valence-corrected chi connectivity index (χ3v) is 4.93. The van der Waals surface area contributed by atoms with Crippen LogP contribution in [0.1, 0.15) is 71.1 Å². The van der Waals surface area contributed by atoms with Gasteiger partial charge in [-0.05, 0) is 78.5 Å². The molecule has 0 N–H and O–H groups in total. The van der Waals surface area contributed by atoms with Gasteiger partial charge in [-0.25, -0.2) is 9.59 Å². The lowest BCUT2D eigenvalue weighted by Crippen LogP contribution is -2.44. The van der Waals surface area contributed by atoms with Gasteiger partial charge in [-0.2, -0.15) is 10.00 Å². The molecule has 166 valence electrons. The number of hydrogen-bond donors (Lipinski definition) is 0.